The van der Waals surface area contributed by atoms with E-state index in [1.54, 1.807) is 12.1 Å². The molecule has 0 aliphatic rings. The Morgan fingerprint density at radius 2 is 1.83 bits per heavy atom. The minimum absolute atomic E-state index is 0.231. The van der Waals surface area contributed by atoms with Gasteiger partial charge in [-0.15, -0.1) is 11.3 Å². The van der Waals surface area contributed by atoms with Crippen LogP contribution in [0.25, 0.3) is 0 Å². The third-order valence-electron chi connectivity index (χ3n) is 3.18. The van der Waals surface area contributed by atoms with Gasteiger partial charge in [0.25, 0.3) is 5.91 Å². The predicted molar refractivity (Wildman–Crippen MR) is 97.8 cm³/mol. The average molecular weight is 411 g/mol. The molecule has 24 heavy (non-hydrogen) atoms. The van der Waals surface area contributed by atoms with E-state index in [4.69, 9.17) is 4.74 Å². The van der Waals surface area contributed by atoms with Crippen molar-refractivity contribution in [2.45, 2.75) is 19.3 Å². The highest BCUT2D eigenvalue weighted by molar-refractivity contribution is 9.11. The third kappa shape index (κ3) is 6.82. The van der Waals surface area contributed by atoms with Gasteiger partial charge in [-0.1, -0.05) is 30.3 Å². The summed E-state index contributed by atoms with van der Waals surface area (Å²) >= 11 is 4.59. The van der Waals surface area contributed by atoms with Crippen LogP contribution in [0.5, 0.6) is 0 Å². The van der Waals surface area contributed by atoms with E-state index in [-0.39, 0.29) is 11.8 Å². The highest BCUT2D eigenvalue weighted by Crippen LogP contribution is 2.21. The second-order valence-electron chi connectivity index (χ2n) is 5.06. The van der Waals surface area contributed by atoms with E-state index in [9.17, 15) is 9.59 Å². The van der Waals surface area contributed by atoms with Crippen molar-refractivity contribution >= 4 is 39.1 Å². The molecule has 1 aromatic carbocycles. The van der Waals surface area contributed by atoms with Gasteiger partial charge in [0.1, 0.15) is 0 Å². The number of benzene rings is 1. The molecule has 0 aliphatic carbocycles. The summed E-state index contributed by atoms with van der Waals surface area (Å²) in [5.74, 6) is -0.552. The van der Waals surface area contributed by atoms with Gasteiger partial charge in [0.15, 0.2) is 0 Å². The van der Waals surface area contributed by atoms with Crippen LogP contribution in [0.15, 0.2) is 46.3 Å². The number of rotatable bonds is 8. The molecule has 0 saturated carbocycles. The van der Waals surface area contributed by atoms with Crippen LogP contribution in [0.3, 0.4) is 0 Å². The Balaban J connectivity index is 1.51. The number of hydrogen-bond acceptors (Lipinski definition) is 4. The van der Waals surface area contributed by atoms with Crippen molar-refractivity contribution in [3.63, 3.8) is 0 Å². The summed E-state index contributed by atoms with van der Waals surface area (Å²) in [4.78, 5) is 23.9. The highest BCUT2D eigenvalue weighted by Gasteiger charge is 2.09. The number of halogens is 1. The summed E-state index contributed by atoms with van der Waals surface area (Å²) in [5.41, 5.74) is 6.03. The largest absolute Gasteiger partial charge is 0.381 e. The third-order valence-corrected chi connectivity index (χ3v) is 4.81. The van der Waals surface area contributed by atoms with Crippen LogP contribution in [0.2, 0.25) is 0 Å². The molecule has 5 nitrogen and oxygen atoms in total. The lowest BCUT2D eigenvalue weighted by atomic mass is 10.2. The first-order valence-corrected chi connectivity index (χ1v) is 9.22. The minimum atomic E-state index is -0.321. The van der Waals surface area contributed by atoms with Crippen LogP contribution in [0.1, 0.15) is 28.1 Å². The Hall–Kier alpha value is -1.70. The molecule has 0 unspecified atom stereocenters. The molecule has 128 valence electrons. The second kappa shape index (κ2) is 10.2. The Labute approximate surface area is 153 Å². The maximum absolute atomic E-state index is 11.8. The highest BCUT2D eigenvalue weighted by atomic mass is 79.9. The lowest BCUT2D eigenvalue weighted by Crippen LogP contribution is -2.41. The zero-order chi connectivity index (χ0) is 17.2. The van der Waals surface area contributed by atoms with Crippen LogP contribution >= 0.6 is 27.3 Å². The molecule has 0 radical (unpaired) electrons. The Kier molecular flexibility index (Phi) is 7.94. The first-order valence-electron chi connectivity index (χ1n) is 7.61. The number of carbonyl (C=O) groups excluding carboxylic acids is 2. The summed E-state index contributed by atoms with van der Waals surface area (Å²) in [6.45, 7) is 1.15. The maximum Gasteiger partial charge on any atom is 0.279 e. The summed E-state index contributed by atoms with van der Waals surface area (Å²) in [6, 6.07) is 13.6. The SMILES string of the molecule is O=C(CCCOCCc1ccccc1)NNC(=O)c1ccc(Br)s1. The van der Waals surface area contributed by atoms with Crippen molar-refractivity contribution < 1.29 is 14.3 Å². The van der Waals surface area contributed by atoms with Crippen molar-refractivity contribution in [2.24, 2.45) is 0 Å². The van der Waals surface area contributed by atoms with Crippen LogP contribution in [0.4, 0.5) is 0 Å². The van der Waals surface area contributed by atoms with E-state index in [1.165, 1.54) is 16.9 Å². The lowest BCUT2D eigenvalue weighted by molar-refractivity contribution is -0.122. The topological polar surface area (TPSA) is 67.4 Å². The molecule has 1 heterocycles. The fourth-order valence-corrected chi connectivity index (χ4v) is 3.24. The van der Waals surface area contributed by atoms with Crippen LogP contribution < -0.4 is 10.9 Å². The predicted octanol–water partition coefficient (Wildman–Crippen LogP) is 3.31. The van der Waals surface area contributed by atoms with Gasteiger partial charge in [-0.2, -0.15) is 0 Å². The minimum Gasteiger partial charge on any atom is -0.381 e. The van der Waals surface area contributed by atoms with Gasteiger partial charge in [0.2, 0.25) is 5.91 Å². The molecule has 0 fully saturated rings. The molecule has 0 spiro atoms. The normalized spacial score (nSPS) is 10.4. The molecule has 0 bridgehead atoms. The van der Waals surface area contributed by atoms with Crippen LogP contribution in [-0.2, 0) is 16.0 Å². The summed E-state index contributed by atoms with van der Waals surface area (Å²) < 4.78 is 6.38. The molecule has 0 aliphatic heterocycles. The summed E-state index contributed by atoms with van der Waals surface area (Å²) in [6.07, 6.45) is 1.78. The number of amides is 2. The van der Waals surface area contributed by atoms with Crippen LogP contribution in [-0.4, -0.2) is 25.0 Å². The monoisotopic (exact) mass is 410 g/mol. The lowest BCUT2D eigenvalue weighted by Gasteiger charge is -2.07. The van der Waals surface area contributed by atoms with E-state index < -0.39 is 0 Å². The molecule has 0 atom stereocenters. The zero-order valence-corrected chi connectivity index (χ0v) is 15.5. The number of hydrogen-bond donors (Lipinski definition) is 2. The first kappa shape index (κ1) is 18.6. The van der Waals surface area contributed by atoms with Crippen molar-refractivity contribution in [2.75, 3.05) is 13.2 Å². The number of ether oxygens (including phenoxy) is 1. The molecule has 2 rings (SSSR count). The molecule has 0 saturated heterocycles. The van der Waals surface area contributed by atoms with Crippen molar-refractivity contribution in [3.05, 3.63) is 56.7 Å². The number of carbonyl (C=O) groups is 2. The standard InChI is InChI=1S/C17H19BrN2O3S/c18-15-9-8-14(24-15)17(22)20-19-16(21)7-4-11-23-12-10-13-5-2-1-3-6-13/h1-3,5-6,8-9H,4,7,10-12H2,(H,19,21)(H,20,22). The first-order chi connectivity index (χ1) is 11.6. The fraction of sp³-hybridized carbons (Fsp3) is 0.294. The zero-order valence-electron chi connectivity index (χ0n) is 13.1. The Morgan fingerprint density at radius 3 is 2.54 bits per heavy atom. The van der Waals surface area contributed by atoms with E-state index in [2.05, 4.69) is 38.9 Å². The average Bonchev–Trinajstić information content (AvgIpc) is 3.03. The smallest absolute Gasteiger partial charge is 0.279 e. The second-order valence-corrected chi connectivity index (χ2v) is 7.52. The van der Waals surface area contributed by atoms with Gasteiger partial charge < -0.3 is 4.74 Å². The molecule has 2 amide bonds. The molecule has 2 aromatic rings. The number of nitrogens with one attached hydrogen (secondary N) is 2. The van der Waals surface area contributed by atoms with Gasteiger partial charge in [-0.25, -0.2) is 0 Å². The maximum atomic E-state index is 11.8. The quantitative estimate of drug-likeness (QED) is 0.518. The van der Waals surface area contributed by atoms with Crippen molar-refractivity contribution in [1.29, 1.82) is 0 Å². The Morgan fingerprint density at radius 1 is 1.04 bits per heavy atom. The van der Waals surface area contributed by atoms with E-state index in [0.29, 0.717) is 30.9 Å². The van der Waals surface area contributed by atoms with Crippen LogP contribution in [0, 0.1) is 0 Å². The summed E-state index contributed by atoms with van der Waals surface area (Å²) in [7, 11) is 0. The summed E-state index contributed by atoms with van der Waals surface area (Å²) in [5, 5.41) is 0. The van der Waals surface area contributed by atoms with Gasteiger partial charge in [-0.3, -0.25) is 20.4 Å². The van der Waals surface area contributed by atoms with Gasteiger partial charge in [-0.05, 0) is 46.5 Å². The van der Waals surface area contributed by atoms with E-state index >= 15 is 0 Å². The number of hydrazine groups is 1. The molecule has 1 aromatic heterocycles. The number of thiophene rings is 1. The van der Waals surface area contributed by atoms with E-state index in [0.717, 1.165) is 10.2 Å². The Bertz CT molecular complexity index is 661. The molecule has 2 N–H and O–H groups in total. The van der Waals surface area contributed by atoms with E-state index in [1.807, 2.05) is 18.2 Å². The molecular weight excluding hydrogens is 392 g/mol. The molecular formula is C17H19BrN2O3S. The van der Waals surface area contributed by atoms with Crippen molar-refractivity contribution in [3.8, 4) is 0 Å². The molecule has 7 heteroatoms. The van der Waals surface area contributed by atoms with Gasteiger partial charge in [0.05, 0.1) is 15.3 Å². The van der Waals surface area contributed by atoms with Gasteiger partial charge in [0, 0.05) is 13.0 Å². The van der Waals surface area contributed by atoms with Crippen molar-refractivity contribution in [1.82, 2.24) is 10.9 Å². The van der Waals surface area contributed by atoms with Gasteiger partial charge >= 0.3 is 0 Å². The fourth-order valence-electron chi connectivity index (χ4n) is 1.96.